The van der Waals surface area contributed by atoms with Gasteiger partial charge in [0, 0.05) is 24.7 Å². The Labute approximate surface area is 136 Å². The van der Waals surface area contributed by atoms with Gasteiger partial charge < -0.3 is 4.74 Å². The lowest BCUT2D eigenvalue weighted by atomic mass is 9.87. The Bertz CT molecular complexity index is 476. The van der Waals surface area contributed by atoms with E-state index in [1.165, 1.54) is 0 Å². The van der Waals surface area contributed by atoms with Gasteiger partial charge in [0.15, 0.2) is 0 Å². The quantitative estimate of drug-likeness (QED) is 0.642. The van der Waals surface area contributed by atoms with Crippen LogP contribution in [0.15, 0.2) is 18.2 Å². The second kappa shape index (κ2) is 7.27. The van der Waals surface area contributed by atoms with Crippen molar-refractivity contribution in [3.63, 3.8) is 0 Å². The third-order valence-corrected chi connectivity index (χ3v) is 5.04. The molecule has 3 N–H and O–H groups in total. The maximum atomic E-state index is 6.09. The van der Waals surface area contributed by atoms with E-state index in [-0.39, 0.29) is 11.6 Å². The van der Waals surface area contributed by atoms with Crippen LogP contribution in [-0.2, 0) is 11.2 Å². The first-order chi connectivity index (χ1) is 9.95. The zero-order valence-electron chi connectivity index (χ0n) is 12.5. The van der Waals surface area contributed by atoms with Crippen LogP contribution in [0.5, 0.6) is 0 Å². The third-order valence-electron chi connectivity index (χ3n) is 4.30. The zero-order chi connectivity index (χ0) is 15.5. The van der Waals surface area contributed by atoms with Crippen LogP contribution in [0.25, 0.3) is 0 Å². The number of ether oxygens (including phenoxy) is 1. The highest BCUT2D eigenvalue weighted by atomic mass is 35.5. The van der Waals surface area contributed by atoms with Crippen molar-refractivity contribution >= 4 is 23.2 Å². The lowest BCUT2D eigenvalue weighted by Gasteiger charge is -2.45. The highest BCUT2D eigenvalue weighted by molar-refractivity contribution is 6.42. The van der Waals surface area contributed by atoms with Gasteiger partial charge in [-0.2, -0.15) is 0 Å². The van der Waals surface area contributed by atoms with Gasteiger partial charge in [0.1, 0.15) is 0 Å². The van der Waals surface area contributed by atoms with Gasteiger partial charge in [-0.1, -0.05) is 29.3 Å². The van der Waals surface area contributed by atoms with Crippen LogP contribution in [0, 0.1) is 0 Å². The summed E-state index contributed by atoms with van der Waals surface area (Å²) in [6.45, 7) is 7.81. The first kappa shape index (κ1) is 17.0. The Kier molecular flexibility index (Phi) is 5.88. The molecule has 6 heteroatoms. The van der Waals surface area contributed by atoms with Gasteiger partial charge in [-0.15, -0.1) is 0 Å². The van der Waals surface area contributed by atoms with E-state index in [1.54, 1.807) is 0 Å². The molecular formula is C15H23Cl2N3O. The van der Waals surface area contributed by atoms with E-state index < -0.39 is 0 Å². The summed E-state index contributed by atoms with van der Waals surface area (Å²) in [5.74, 6) is 5.81. The molecule has 118 valence electrons. The number of hydrogen-bond donors (Lipinski definition) is 2. The predicted octanol–water partition coefficient (Wildman–Crippen LogP) is 2.48. The summed E-state index contributed by atoms with van der Waals surface area (Å²) in [5.41, 5.74) is 4.00. The van der Waals surface area contributed by atoms with Crippen LogP contribution in [-0.4, -0.2) is 42.8 Å². The minimum Gasteiger partial charge on any atom is -0.379 e. The molecule has 4 nitrogen and oxygen atoms in total. The van der Waals surface area contributed by atoms with Crippen molar-refractivity contribution in [2.45, 2.75) is 31.8 Å². The van der Waals surface area contributed by atoms with E-state index in [0.717, 1.165) is 38.3 Å². The number of hydrazine groups is 1. The molecule has 1 unspecified atom stereocenters. The second-order valence-electron chi connectivity index (χ2n) is 5.92. The smallest absolute Gasteiger partial charge is 0.0595 e. The summed E-state index contributed by atoms with van der Waals surface area (Å²) in [4.78, 5) is 2.42. The summed E-state index contributed by atoms with van der Waals surface area (Å²) in [6.07, 6.45) is 0.789. The number of nitrogens with two attached hydrogens (primary N) is 1. The van der Waals surface area contributed by atoms with Crippen molar-refractivity contribution in [2.24, 2.45) is 5.84 Å². The van der Waals surface area contributed by atoms with Gasteiger partial charge in [-0.3, -0.25) is 16.2 Å². The van der Waals surface area contributed by atoms with Crippen LogP contribution >= 0.6 is 23.2 Å². The monoisotopic (exact) mass is 331 g/mol. The van der Waals surface area contributed by atoms with E-state index >= 15 is 0 Å². The van der Waals surface area contributed by atoms with E-state index in [0.29, 0.717) is 10.0 Å². The highest BCUT2D eigenvalue weighted by Gasteiger charge is 2.35. The molecule has 1 fully saturated rings. The van der Waals surface area contributed by atoms with Gasteiger partial charge in [0.25, 0.3) is 0 Å². The lowest BCUT2D eigenvalue weighted by Crippen LogP contribution is -2.62. The van der Waals surface area contributed by atoms with E-state index in [9.17, 15) is 0 Å². The lowest BCUT2D eigenvalue weighted by molar-refractivity contribution is -0.0233. The number of hydrogen-bond acceptors (Lipinski definition) is 4. The molecule has 0 aromatic heterocycles. The summed E-state index contributed by atoms with van der Waals surface area (Å²) >= 11 is 12.1. The number of halogens is 2. The largest absolute Gasteiger partial charge is 0.379 e. The molecule has 2 rings (SSSR count). The molecule has 1 aromatic carbocycles. The molecule has 1 atom stereocenters. The average Bonchev–Trinajstić information content (AvgIpc) is 2.49. The molecule has 21 heavy (non-hydrogen) atoms. The van der Waals surface area contributed by atoms with Crippen molar-refractivity contribution in [1.82, 2.24) is 10.3 Å². The molecule has 0 saturated carbocycles. The van der Waals surface area contributed by atoms with Crippen LogP contribution in [0.2, 0.25) is 10.0 Å². The van der Waals surface area contributed by atoms with Gasteiger partial charge in [0.05, 0.1) is 23.3 Å². The Morgan fingerprint density at radius 2 is 1.95 bits per heavy atom. The maximum absolute atomic E-state index is 6.09. The molecule has 0 spiro atoms. The fourth-order valence-electron chi connectivity index (χ4n) is 2.77. The summed E-state index contributed by atoms with van der Waals surface area (Å²) in [7, 11) is 0. The van der Waals surface area contributed by atoms with Gasteiger partial charge in [-0.25, -0.2) is 0 Å². The zero-order valence-corrected chi connectivity index (χ0v) is 14.0. The molecule has 1 aliphatic rings. The topological polar surface area (TPSA) is 50.5 Å². The molecule has 0 aliphatic carbocycles. The molecule has 0 amide bonds. The van der Waals surface area contributed by atoms with E-state index in [4.69, 9.17) is 33.8 Å². The Hall–Kier alpha value is -0.360. The molecule has 1 saturated heterocycles. The van der Waals surface area contributed by atoms with Crippen molar-refractivity contribution < 1.29 is 4.74 Å². The van der Waals surface area contributed by atoms with E-state index in [2.05, 4.69) is 24.2 Å². The summed E-state index contributed by atoms with van der Waals surface area (Å²) < 4.78 is 5.43. The maximum Gasteiger partial charge on any atom is 0.0595 e. The van der Waals surface area contributed by atoms with Crippen LogP contribution in [0.4, 0.5) is 0 Å². The Morgan fingerprint density at radius 3 is 2.52 bits per heavy atom. The predicted molar refractivity (Wildman–Crippen MR) is 87.7 cm³/mol. The highest BCUT2D eigenvalue weighted by Crippen LogP contribution is 2.26. The summed E-state index contributed by atoms with van der Waals surface area (Å²) in [5, 5.41) is 1.15. The van der Waals surface area contributed by atoms with Crippen LogP contribution in [0.1, 0.15) is 19.4 Å². The number of nitrogens with zero attached hydrogens (tertiary/aromatic N) is 1. The minimum atomic E-state index is -0.0787. The molecule has 1 aromatic rings. The van der Waals surface area contributed by atoms with Crippen LogP contribution in [0.3, 0.4) is 0 Å². The van der Waals surface area contributed by atoms with Crippen molar-refractivity contribution in [3.05, 3.63) is 33.8 Å². The second-order valence-corrected chi connectivity index (χ2v) is 6.74. The normalized spacial score (nSPS) is 18.7. The van der Waals surface area contributed by atoms with Gasteiger partial charge in [-0.05, 0) is 38.0 Å². The summed E-state index contributed by atoms with van der Waals surface area (Å²) in [6, 6.07) is 5.83. The molecule has 0 radical (unpaired) electrons. The number of rotatable bonds is 5. The fourth-order valence-corrected chi connectivity index (χ4v) is 3.10. The minimum absolute atomic E-state index is 0.0787. The Balaban J connectivity index is 2.12. The number of benzene rings is 1. The SMILES string of the molecule is CC(C)(C(Cc1ccc(Cl)c(Cl)c1)NN)N1CCOCC1. The Morgan fingerprint density at radius 1 is 1.29 bits per heavy atom. The average molecular weight is 332 g/mol. The van der Waals surface area contributed by atoms with Gasteiger partial charge >= 0.3 is 0 Å². The van der Waals surface area contributed by atoms with Crippen molar-refractivity contribution in [2.75, 3.05) is 26.3 Å². The number of nitrogens with one attached hydrogen (secondary N) is 1. The van der Waals surface area contributed by atoms with Gasteiger partial charge in [0.2, 0.25) is 0 Å². The molecule has 1 aliphatic heterocycles. The molecule has 0 bridgehead atoms. The van der Waals surface area contributed by atoms with Crippen molar-refractivity contribution in [1.29, 1.82) is 0 Å². The third kappa shape index (κ3) is 4.09. The van der Waals surface area contributed by atoms with Crippen LogP contribution < -0.4 is 11.3 Å². The first-order valence-electron chi connectivity index (χ1n) is 7.18. The standard InChI is InChI=1S/C15H23Cl2N3O/c1-15(2,20-5-7-21-8-6-20)14(19-18)10-11-3-4-12(16)13(17)9-11/h3-4,9,14,19H,5-8,10,18H2,1-2H3. The molecule has 1 heterocycles. The first-order valence-corrected chi connectivity index (χ1v) is 7.93. The van der Waals surface area contributed by atoms with Crippen molar-refractivity contribution in [3.8, 4) is 0 Å². The van der Waals surface area contributed by atoms with E-state index in [1.807, 2.05) is 18.2 Å². The molecular weight excluding hydrogens is 309 g/mol. The fraction of sp³-hybridized carbons (Fsp3) is 0.600. The number of morpholine rings is 1.